The molecule has 0 unspecified atom stereocenters. The lowest BCUT2D eigenvalue weighted by Gasteiger charge is -2.21. The second-order valence-electron chi connectivity index (χ2n) is 4.44. The van der Waals surface area contributed by atoms with Crippen LogP contribution in [0.2, 0.25) is 0 Å². The lowest BCUT2D eigenvalue weighted by Crippen LogP contribution is -2.31. The Bertz CT molecular complexity index is 377. The van der Waals surface area contributed by atoms with E-state index in [1.54, 1.807) is 0 Å². The Kier molecular flexibility index (Phi) is 6.44. The van der Waals surface area contributed by atoms with Crippen LogP contribution in [0, 0.1) is 6.92 Å². The van der Waals surface area contributed by atoms with Crippen LogP contribution in [0.25, 0.3) is 0 Å². The average molecular weight is 249 g/mol. The van der Waals surface area contributed by atoms with E-state index in [0.717, 1.165) is 19.5 Å². The highest BCUT2D eigenvalue weighted by atomic mass is 16.5. The Morgan fingerprint density at radius 2 is 2.00 bits per heavy atom. The summed E-state index contributed by atoms with van der Waals surface area (Å²) >= 11 is 0. The van der Waals surface area contributed by atoms with Crippen molar-refractivity contribution in [2.45, 2.75) is 33.7 Å². The molecule has 1 aromatic rings. The third-order valence-corrected chi connectivity index (χ3v) is 2.85. The molecule has 3 heteroatoms. The second-order valence-corrected chi connectivity index (χ2v) is 4.44. The molecule has 0 radical (unpaired) electrons. The van der Waals surface area contributed by atoms with E-state index >= 15 is 0 Å². The highest BCUT2D eigenvalue weighted by Crippen LogP contribution is 2.10. The van der Waals surface area contributed by atoms with Crippen LogP contribution < -0.4 is 0 Å². The first-order chi connectivity index (χ1) is 8.67. The Morgan fingerprint density at radius 1 is 1.28 bits per heavy atom. The summed E-state index contributed by atoms with van der Waals surface area (Å²) in [5.74, 6) is -0.139. The zero-order chi connectivity index (χ0) is 13.4. The number of hydrogen-bond donors (Lipinski definition) is 0. The number of esters is 1. The molecule has 1 rings (SSSR count). The van der Waals surface area contributed by atoms with E-state index in [1.165, 1.54) is 11.1 Å². The molecule has 0 aliphatic carbocycles. The Labute approximate surface area is 110 Å². The average Bonchev–Trinajstić information content (AvgIpc) is 2.32. The molecule has 0 atom stereocenters. The van der Waals surface area contributed by atoms with Gasteiger partial charge in [0.2, 0.25) is 0 Å². The molecule has 100 valence electrons. The van der Waals surface area contributed by atoms with Gasteiger partial charge in [-0.15, -0.1) is 0 Å². The summed E-state index contributed by atoms with van der Waals surface area (Å²) in [6, 6.07) is 8.29. The van der Waals surface area contributed by atoms with Gasteiger partial charge in [-0.05, 0) is 37.9 Å². The molecule has 0 saturated carbocycles. The van der Waals surface area contributed by atoms with E-state index in [0.29, 0.717) is 13.2 Å². The lowest BCUT2D eigenvalue weighted by molar-refractivity contribution is -0.144. The molecule has 0 N–H and O–H groups in total. The molecule has 0 aromatic heterocycles. The van der Waals surface area contributed by atoms with Gasteiger partial charge in [0.15, 0.2) is 0 Å². The van der Waals surface area contributed by atoms with Crippen LogP contribution in [0.1, 0.15) is 31.4 Å². The molecular formula is C15H23NO2. The predicted molar refractivity (Wildman–Crippen MR) is 73.4 cm³/mol. The van der Waals surface area contributed by atoms with E-state index in [9.17, 15) is 4.79 Å². The van der Waals surface area contributed by atoms with Crippen LogP contribution in [0.15, 0.2) is 24.3 Å². The summed E-state index contributed by atoms with van der Waals surface area (Å²) in [6.07, 6.45) is 1.03. The number of carbonyl (C=O) groups excluding carboxylic acids is 1. The quantitative estimate of drug-likeness (QED) is 0.696. The SMILES string of the molecule is CCCN(CC(=O)OCC)Cc1ccccc1C. The van der Waals surface area contributed by atoms with Crippen molar-refractivity contribution < 1.29 is 9.53 Å². The minimum absolute atomic E-state index is 0.139. The molecule has 3 nitrogen and oxygen atoms in total. The highest BCUT2D eigenvalue weighted by molar-refractivity contribution is 5.71. The van der Waals surface area contributed by atoms with E-state index < -0.39 is 0 Å². The van der Waals surface area contributed by atoms with Gasteiger partial charge < -0.3 is 4.74 Å². The highest BCUT2D eigenvalue weighted by Gasteiger charge is 2.12. The van der Waals surface area contributed by atoms with Crippen molar-refractivity contribution in [1.29, 1.82) is 0 Å². The molecule has 0 amide bonds. The second kappa shape index (κ2) is 7.88. The minimum Gasteiger partial charge on any atom is -0.465 e. The fraction of sp³-hybridized carbons (Fsp3) is 0.533. The molecule has 0 bridgehead atoms. The Morgan fingerprint density at radius 3 is 2.61 bits per heavy atom. The molecule has 0 fully saturated rings. The van der Waals surface area contributed by atoms with Gasteiger partial charge in [-0.1, -0.05) is 31.2 Å². The number of benzene rings is 1. The number of hydrogen-bond acceptors (Lipinski definition) is 3. The van der Waals surface area contributed by atoms with Crippen molar-refractivity contribution in [3.63, 3.8) is 0 Å². The summed E-state index contributed by atoms with van der Waals surface area (Å²) in [4.78, 5) is 13.7. The number of rotatable bonds is 7. The maximum atomic E-state index is 11.5. The molecular weight excluding hydrogens is 226 g/mol. The number of ether oxygens (including phenoxy) is 1. The van der Waals surface area contributed by atoms with Crippen molar-refractivity contribution >= 4 is 5.97 Å². The number of aryl methyl sites for hydroxylation is 1. The number of carbonyl (C=O) groups is 1. The van der Waals surface area contributed by atoms with Gasteiger partial charge >= 0.3 is 5.97 Å². The van der Waals surface area contributed by atoms with Crippen LogP contribution in [0.4, 0.5) is 0 Å². The van der Waals surface area contributed by atoms with Gasteiger partial charge in [0, 0.05) is 6.54 Å². The van der Waals surface area contributed by atoms with Crippen LogP contribution >= 0.6 is 0 Å². The Balaban J connectivity index is 2.62. The van der Waals surface area contributed by atoms with Crippen LogP contribution in [0.3, 0.4) is 0 Å². The summed E-state index contributed by atoms with van der Waals surface area (Å²) in [5, 5.41) is 0. The third-order valence-electron chi connectivity index (χ3n) is 2.85. The zero-order valence-electron chi connectivity index (χ0n) is 11.6. The van der Waals surface area contributed by atoms with Crippen LogP contribution in [-0.4, -0.2) is 30.6 Å². The van der Waals surface area contributed by atoms with Crippen molar-refractivity contribution in [3.8, 4) is 0 Å². The molecule has 0 aliphatic rings. The van der Waals surface area contributed by atoms with Crippen molar-refractivity contribution in [2.24, 2.45) is 0 Å². The van der Waals surface area contributed by atoms with E-state index in [4.69, 9.17) is 4.74 Å². The first-order valence-electron chi connectivity index (χ1n) is 6.59. The van der Waals surface area contributed by atoms with Gasteiger partial charge in [0.25, 0.3) is 0 Å². The van der Waals surface area contributed by atoms with Gasteiger partial charge in [0.1, 0.15) is 0 Å². The van der Waals surface area contributed by atoms with Gasteiger partial charge in [-0.25, -0.2) is 0 Å². The van der Waals surface area contributed by atoms with Crippen molar-refractivity contribution in [3.05, 3.63) is 35.4 Å². The molecule has 18 heavy (non-hydrogen) atoms. The lowest BCUT2D eigenvalue weighted by atomic mass is 10.1. The van der Waals surface area contributed by atoms with E-state index in [2.05, 4.69) is 30.9 Å². The molecule has 0 saturated heterocycles. The minimum atomic E-state index is -0.139. The normalized spacial score (nSPS) is 10.7. The van der Waals surface area contributed by atoms with E-state index in [1.807, 2.05) is 19.1 Å². The van der Waals surface area contributed by atoms with Gasteiger partial charge in [0.05, 0.1) is 13.2 Å². The fourth-order valence-electron chi connectivity index (χ4n) is 1.95. The maximum absolute atomic E-state index is 11.5. The first kappa shape index (κ1) is 14.7. The summed E-state index contributed by atoms with van der Waals surface area (Å²) < 4.78 is 5.01. The van der Waals surface area contributed by atoms with Gasteiger partial charge in [-0.3, -0.25) is 9.69 Å². The topological polar surface area (TPSA) is 29.5 Å². The number of nitrogens with zero attached hydrogens (tertiary/aromatic N) is 1. The first-order valence-corrected chi connectivity index (χ1v) is 6.59. The zero-order valence-corrected chi connectivity index (χ0v) is 11.6. The van der Waals surface area contributed by atoms with E-state index in [-0.39, 0.29) is 5.97 Å². The molecule has 0 spiro atoms. The van der Waals surface area contributed by atoms with Crippen LogP contribution in [0.5, 0.6) is 0 Å². The standard InChI is InChI=1S/C15H23NO2/c1-4-10-16(12-15(17)18-5-2)11-14-9-7-6-8-13(14)3/h6-9H,4-5,10-12H2,1-3H3. The monoisotopic (exact) mass is 249 g/mol. The largest absolute Gasteiger partial charge is 0.465 e. The van der Waals surface area contributed by atoms with Crippen molar-refractivity contribution in [1.82, 2.24) is 4.90 Å². The smallest absolute Gasteiger partial charge is 0.320 e. The third kappa shape index (κ3) is 4.88. The van der Waals surface area contributed by atoms with Crippen molar-refractivity contribution in [2.75, 3.05) is 19.7 Å². The van der Waals surface area contributed by atoms with Gasteiger partial charge in [-0.2, -0.15) is 0 Å². The molecule has 0 aliphatic heterocycles. The summed E-state index contributed by atoms with van der Waals surface area (Å²) in [6.45, 7) is 8.59. The summed E-state index contributed by atoms with van der Waals surface area (Å²) in [7, 11) is 0. The maximum Gasteiger partial charge on any atom is 0.320 e. The molecule has 1 aromatic carbocycles. The fourth-order valence-corrected chi connectivity index (χ4v) is 1.95. The summed E-state index contributed by atoms with van der Waals surface area (Å²) in [5.41, 5.74) is 2.54. The predicted octanol–water partition coefficient (Wildman–Crippen LogP) is 2.77. The molecule has 0 heterocycles. The Hall–Kier alpha value is -1.35. The van der Waals surface area contributed by atoms with Crippen LogP contribution in [-0.2, 0) is 16.1 Å².